The van der Waals surface area contributed by atoms with Gasteiger partial charge in [0.1, 0.15) is 0 Å². The minimum Gasteiger partial charge on any atom is -0.307 e. The summed E-state index contributed by atoms with van der Waals surface area (Å²) in [7, 11) is 0. The van der Waals surface area contributed by atoms with E-state index < -0.39 is 0 Å². The van der Waals surface area contributed by atoms with E-state index in [0.29, 0.717) is 5.82 Å². The van der Waals surface area contributed by atoms with Crippen LogP contribution in [0.15, 0.2) is 182 Å². The molecule has 10 aromatic rings. The lowest BCUT2D eigenvalue weighted by Crippen LogP contribution is -2.02. The first-order chi connectivity index (χ1) is 24.8. The quantitative estimate of drug-likeness (QED) is 0.188. The number of nitrogens with zero attached hydrogens (tertiary/aromatic N) is 4. The zero-order valence-corrected chi connectivity index (χ0v) is 27.1. The molecular formula is C46H30N4. The van der Waals surface area contributed by atoms with Crippen LogP contribution >= 0.6 is 0 Å². The van der Waals surface area contributed by atoms with Gasteiger partial charge in [-0.05, 0) is 42.5 Å². The minimum atomic E-state index is 0.683. The van der Waals surface area contributed by atoms with E-state index in [2.05, 4.69) is 179 Å². The van der Waals surface area contributed by atoms with Crippen molar-refractivity contribution >= 4 is 43.6 Å². The lowest BCUT2D eigenvalue weighted by atomic mass is 10.1. The zero-order valence-electron chi connectivity index (χ0n) is 27.1. The van der Waals surface area contributed by atoms with Crippen molar-refractivity contribution in [2.75, 3.05) is 0 Å². The molecule has 0 saturated heterocycles. The van der Waals surface area contributed by atoms with Gasteiger partial charge in [-0.25, -0.2) is 9.97 Å². The molecule has 0 spiro atoms. The summed E-state index contributed by atoms with van der Waals surface area (Å²) in [5.41, 5.74) is 11.6. The van der Waals surface area contributed by atoms with Crippen LogP contribution in [-0.2, 0) is 0 Å². The van der Waals surface area contributed by atoms with E-state index >= 15 is 0 Å². The van der Waals surface area contributed by atoms with Gasteiger partial charge in [-0.2, -0.15) is 0 Å². The molecule has 3 heterocycles. The molecule has 0 saturated carbocycles. The minimum absolute atomic E-state index is 0.683. The second-order valence-electron chi connectivity index (χ2n) is 12.6. The predicted molar refractivity (Wildman–Crippen MR) is 207 cm³/mol. The van der Waals surface area contributed by atoms with E-state index in [1.165, 1.54) is 32.6 Å². The summed E-state index contributed by atoms with van der Waals surface area (Å²) in [4.78, 5) is 10.5. The molecule has 3 aromatic heterocycles. The van der Waals surface area contributed by atoms with Crippen LogP contribution in [0.5, 0.6) is 0 Å². The van der Waals surface area contributed by atoms with E-state index in [9.17, 15) is 0 Å². The molecule has 7 aromatic carbocycles. The Labute approximate surface area is 289 Å². The lowest BCUT2D eigenvalue weighted by Gasteiger charge is -2.16. The maximum Gasteiger partial charge on any atom is 0.162 e. The highest BCUT2D eigenvalue weighted by atomic mass is 15.1. The van der Waals surface area contributed by atoms with Crippen molar-refractivity contribution < 1.29 is 0 Å². The first kappa shape index (κ1) is 28.3. The topological polar surface area (TPSA) is 35.6 Å². The Bertz CT molecular complexity index is 2790. The standard InChI is InChI=1S/C46H30N4/c1-4-16-31(17-5-1)39-30-40(32-18-6-2-7-19-32)48-46(47-39)38-24-12-15-27-43(38)50-42-26-14-11-23-35(42)37-29-28-36-34-22-10-13-25-41(34)49(44(36)45(37)50)33-20-8-3-9-21-33/h1-30H. The number of fused-ring (bicyclic) bond motifs is 7. The Hall–Kier alpha value is -6.78. The highest BCUT2D eigenvalue weighted by Gasteiger charge is 2.23. The van der Waals surface area contributed by atoms with Gasteiger partial charge in [-0.3, -0.25) is 0 Å². The monoisotopic (exact) mass is 638 g/mol. The molecule has 0 atom stereocenters. The fourth-order valence-corrected chi connectivity index (χ4v) is 7.54. The average Bonchev–Trinajstić information content (AvgIpc) is 3.72. The number of benzene rings is 7. The first-order valence-electron chi connectivity index (χ1n) is 16.9. The Morgan fingerprint density at radius 3 is 1.42 bits per heavy atom. The van der Waals surface area contributed by atoms with E-state index in [1.54, 1.807) is 0 Å². The van der Waals surface area contributed by atoms with Crippen LogP contribution in [0.4, 0.5) is 0 Å². The molecule has 0 N–H and O–H groups in total. The van der Waals surface area contributed by atoms with Gasteiger partial charge in [0.2, 0.25) is 0 Å². The average molecular weight is 639 g/mol. The number of aromatic nitrogens is 4. The predicted octanol–water partition coefficient (Wildman–Crippen LogP) is 11.7. The summed E-state index contributed by atoms with van der Waals surface area (Å²) in [5.74, 6) is 0.683. The fraction of sp³-hybridized carbons (Fsp3) is 0. The van der Waals surface area contributed by atoms with Crippen molar-refractivity contribution in [3.8, 4) is 45.3 Å². The van der Waals surface area contributed by atoms with Gasteiger partial charge in [0.15, 0.2) is 5.82 Å². The second-order valence-corrected chi connectivity index (χ2v) is 12.6. The molecule has 0 amide bonds. The third-order valence-corrected chi connectivity index (χ3v) is 9.73. The second kappa shape index (κ2) is 11.4. The molecule has 0 aliphatic carbocycles. The number of para-hydroxylation sites is 4. The van der Waals surface area contributed by atoms with E-state index in [4.69, 9.17) is 9.97 Å². The SMILES string of the molecule is c1ccc(-c2cc(-c3ccccc3)nc(-c3ccccc3-n3c4ccccc4c4ccc5c6ccccc6n(-c6ccccc6)c5c43)n2)cc1. The Kier molecular flexibility index (Phi) is 6.46. The molecule has 0 bridgehead atoms. The summed E-state index contributed by atoms with van der Waals surface area (Å²) in [6, 6.07) is 64.1. The smallest absolute Gasteiger partial charge is 0.162 e. The zero-order chi connectivity index (χ0) is 33.0. The lowest BCUT2D eigenvalue weighted by molar-refractivity contribution is 1.13. The van der Waals surface area contributed by atoms with Gasteiger partial charge >= 0.3 is 0 Å². The van der Waals surface area contributed by atoms with Gasteiger partial charge in [0.25, 0.3) is 0 Å². The van der Waals surface area contributed by atoms with Crippen LogP contribution in [0.25, 0.3) is 88.9 Å². The molecule has 4 nitrogen and oxygen atoms in total. The molecule has 0 aliphatic rings. The van der Waals surface area contributed by atoms with Crippen LogP contribution in [0, 0.1) is 0 Å². The number of rotatable bonds is 5. The molecule has 50 heavy (non-hydrogen) atoms. The summed E-state index contributed by atoms with van der Waals surface area (Å²) in [6.07, 6.45) is 0. The third kappa shape index (κ3) is 4.39. The maximum absolute atomic E-state index is 5.26. The molecule has 0 aliphatic heterocycles. The van der Waals surface area contributed by atoms with Crippen molar-refractivity contribution in [2.24, 2.45) is 0 Å². The molecule has 4 heteroatoms. The fourth-order valence-electron chi connectivity index (χ4n) is 7.54. The molecule has 0 radical (unpaired) electrons. The summed E-state index contributed by atoms with van der Waals surface area (Å²) >= 11 is 0. The Morgan fingerprint density at radius 1 is 0.360 bits per heavy atom. The van der Waals surface area contributed by atoms with Crippen molar-refractivity contribution in [2.45, 2.75) is 0 Å². The van der Waals surface area contributed by atoms with E-state index in [-0.39, 0.29) is 0 Å². The summed E-state index contributed by atoms with van der Waals surface area (Å²) in [5, 5.41) is 4.84. The Morgan fingerprint density at radius 2 is 0.820 bits per heavy atom. The van der Waals surface area contributed by atoms with Crippen molar-refractivity contribution in [3.63, 3.8) is 0 Å². The van der Waals surface area contributed by atoms with Gasteiger partial charge in [0.05, 0.1) is 39.1 Å². The highest BCUT2D eigenvalue weighted by Crippen LogP contribution is 2.43. The maximum atomic E-state index is 5.26. The van der Waals surface area contributed by atoms with Crippen LogP contribution < -0.4 is 0 Å². The van der Waals surface area contributed by atoms with Crippen LogP contribution in [0.3, 0.4) is 0 Å². The van der Waals surface area contributed by atoms with Crippen LogP contribution in [-0.4, -0.2) is 19.1 Å². The molecule has 10 rings (SSSR count). The van der Waals surface area contributed by atoms with E-state index in [1.807, 2.05) is 12.1 Å². The first-order valence-corrected chi connectivity index (χ1v) is 16.9. The molecule has 234 valence electrons. The van der Waals surface area contributed by atoms with Crippen molar-refractivity contribution in [1.29, 1.82) is 0 Å². The largest absolute Gasteiger partial charge is 0.307 e. The van der Waals surface area contributed by atoms with Crippen LogP contribution in [0.1, 0.15) is 0 Å². The number of hydrogen-bond acceptors (Lipinski definition) is 2. The normalized spacial score (nSPS) is 11.6. The van der Waals surface area contributed by atoms with Gasteiger partial charge < -0.3 is 9.13 Å². The van der Waals surface area contributed by atoms with E-state index in [0.717, 1.165) is 50.5 Å². The molecule has 0 unspecified atom stereocenters. The molecular weight excluding hydrogens is 609 g/mol. The van der Waals surface area contributed by atoms with Crippen molar-refractivity contribution in [1.82, 2.24) is 19.1 Å². The van der Waals surface area contributed by atoms with Gasteiger partial charge in [0, 0.05) is 43.9 Å². The van der Waals surface area contributed by atoms with Gasteiger partial charge in [-0.15, -0.1) is 0 Å². The van der Waals surface area contributed by atoms with Gasteiger partial charge in [-0.1, -0.05) is 140 Å². The third-order valence-electron chi connectivity index (χ3n) is 9.73. The summed E-state index contributed by atoms with van der Waals surface area (Å²) < 4.78 is 4.85. The Balaban J connectivity index is 1.33. The van der Waals surface area contributed by atoms with Crippen LogP contribution in [0.2, 0.25) is 0 Å². The summed E-state index contributed by atoms with van der Waals surface area (Å²) in [6.45, 7) is 0. The highest BCUT2D eigenvalue weighted by molar-refractivity contribution is 6.24. The van der Waals surface area contributed by atoms with Crippen molar-refractivity contribution in [3.05, 3.63) is 182 Å². The molecule has 0 fully saturated rings. The number of hydrogen-bond donors (Lipinski definition) is 0.